The molecule has 9 heteroatoms. The van der Waals surface area contributed by atoms with Crippen LogP contribution < -0.4 is 20.2 Å². The minimum absolute atomic E-state index is 0.191. The van der Waals surface area contributed by atoms with Crippen LogP contribution in [-0.4, -0.2) is 24.6 Å². The van der Waals surface area contributed by atoms with Crippen molar-refractivity contribution in [1.29, 1.82) is 5.26 Å². The van der Waals surface area contributed by atoms with Crippen LogP contribution in [0, 0.1) is 18.3 Å². The lowest BCUT2D eigenvalue weighted by Crippen LogP contribution is -2.24. The van der Waals surface area contributed by atoms with Crippen LogP contribution in [0.15, 0.2) is 70.2 Å². The third-order valence-electron chi connectivity index (χ3n) is 4.90. The summed E-state index contributed by atoms with van der Waals surface area (Å²) in [5.41, 5.74) is 5.98. The number of carbonyl (C=O) groups is 2. The van der Waals surface area contributed by atoms with Crippen molar-refractivity contribution in [3.05, 3.63) is 87.4 Å². The highest BCUT2D eigenvalue weighted by atomic mass is 79.9. The van der Waals surface area contributed by atoms with Gasteiger partial charge in [-0.3, -0.25) is 9.59 Å². The standard InChI is InChI=1S/C27H25BrN4O4/c1-3-35-24-13-19(12-23(28)27(24)36-17-21-7-5-4-6-20(21)15-29)16-30-32-26(34)14-25(33)31-22-10-8-18(2)9-11-22/h4-13,16H,3,14,17H2,1-2H3,(H,31,33)(H,32,34). The van der Waals surface area contributed by atoms with Crippen molar-refractivity contribution in [3.63, 3.8) is 0 Å². The zero-order valence-corrected chi connectivity index (χ0v) is 21.5. The molecule has 0 bridgehead atoms. The molecule has 2 amide bonds. The molecular formula is C27H25BrN4O4. The molecule has 8 nitrogen and oxygen atoms in total. The van der Waals surface area contributed by atoms with Gasteiger partial charge in [-0.15, -0.1) is 0 Å². The molecule has 0 aliphatic heterocycles. The number of hydrogen-bond acceptors (Lipinski definition) is 6. The predicted molar refractivity (Wildman–Crippen MR) is 141 cm³/mol. The molecule has 0 saturated heterocycles. The SMILES string of the molecule is CCOc1cc(C=NNC(=O)CC(=O)Nc2ccc(C)cc2)cc(Br)c1OCc1ccccc1C#N. The number of amides is 2. The zero-order valence-electron chi connectivity index (χ0n) is 19.9. The van der Waals surface area contributed by atoms with Crippen LogP contribution in [0.1, 0.15) is 35.6 Å². The van der Waals surface area contributed by atoms with E-state index in [0.29, 0.717) is 39.4 Å². The van der Waals surface area contributed by atoms with Crippen molar-refractivity contribution in [2.75, 3.05) is 11.9 Å². The Morgan fingerprint density at radius 1 is 1.08 bits per heavy atom. The lowest BCUT2D eigenvalue weighted by molar-refractivity contribution is -0.126. The summed E-state index contributed by atoms with van der Waals surface area (Å²) < 4.78 is 12.3. The number of nitriles is 1. The number of nitrogens with zero attached hydrogens (tertiary/aromatic N) is 2. The molecule has 2 N–H and O–H groups in total. The Balaban J connectivity index is 1.61. The van der Waals surface area contributed by atoms with E-state index in [-0.39, 0.29) is 13.0 Å². The second-order valence-electron chi connectivity index (χ2n) is 7.70. The van der Waals surface area contributed by atoms with E-state index in [4.69, 9.17) is 9.47 Å². The summed E-state index contributed by atoms with van der Waals surface area (Å²) in [7, 11) is 0. The Bertz CT molecular complexity index is 1300. The molecule has 0 spiro atoms. The fourth-order valence-corrected chi connectivity index (χ4v) is 3.75. The van der Waals surface area contributed by atoms with Gasteiger partial charge in [0.05, 0.1) is 28.9 Å². The lowest BCUT2D eigenvalue weighted by Gasteiger charge is -2.15. The summed E-state index contributed by atoms with van der Waals surface area (Å²) in [6.07, 6.45) is 1.08. The van der Waals surface area contributed by atoms with Crippen LogP contribution in [0.3, 0.4) is 0 Å². The van der Waals surface area contributed by atoms with E-state index in [0.717, 1.165) is 11.1 Å². The Kier molecular flexibility index (Phi) is 9.60. The van der Waals surface area contributed by atoms with Crippen molar-refractivity contribution < 1.29 is 19.1 Å². The highest BCUT2D eigenvalue weighted by molar-refractivity contribution is 9.10. The van der Waals surface area contributed by atoms with Gasteiger partial charge < -0.3 is 14.8 Å². The van der Waals surface area contributed by atoms with E-state index in [2.05, 4.69) is 37.8 Å². The van der Waals surface area contributed by atoms with Crippen molar-refractivity contribution in [2.45, 2.75) is 26.9 Å². The minimum atomic E-state index is -0.545. The summed E-state index contributed by atoms with van der Waals surface area (Å²) in [5, 5.41) is 15.9. The zero-order chi connectivity index (χ0) is 25.9. The molecular weight excluding hydrogens is 524 g/mol. The van der Waals surface area contributed by atoms with Crippen LogP contribution in [0.25, 0.3) is 0 Å². The van der Waals surface area contributed by atoms with Crippen molar-refractivity contribution in [1.82, 2.24) is 5.43 Å². The maximum Gasteiger partial charge on any atom is 0.249 e. The van der Waals surface area contributed by atoms with E-state index < -0.39 is 11.8 Å². The number of anilines is 1. The van der Waals surface area contributed by atoms with E-state index >= 15 is 0 Å². The lowest BCUT2D eigenvalue weighted by atomic mass is 10.1. The van der Waals surface area contributed by atoms with Gasteiger partial charge in [0.15, 0.2) is 11.5 Å². The average Bonchev–Trinajstić information content (AvgIpc) is 2.85. The van der Waals surface area contributed by atoms with Gasteiger partial charge in [0.2, 0.25) is 11.8 Å². The van der Waals surface area contributed by atoms with Crippen molar-refractivity contribution in [3.8, 4) is 17.6 Å². The smallest absolute Gasteiger partial charge is 0.249 e. The molecule has 184 valence electrons. The van der Waals surface area contributed by atoms with E-state index in [1.807, 2.05) is 38.1 Å². The Morgan fingerprint density at radius 3 is 2.56 bits per heavy atom. The molecule has 0 atom stereocenters. The van der Waals surface area contributed by atoms with Gasteiger partial charge in [0, 0.05) is 11.3 Å². The number of hydrogen-bond donors (Lipinski definition) is 2. The molecule has 0 radical (unpaired) electrons. The monoisotopic (exact) mass is 548 g/mol. The first-order valence-electron chi connectivity index (χ1n) is 11.1. The fourth-order valence-electron chi connectivity index (χ4n) is 3.18. The highest BCUT2D eigenvalue weighted by Gasteiger charge is 2.14. The number of ether oxygens (including phenoxy) is 2. The molecule has 3 aromatic carbocycles. The number of halogens is 1. The van der Waals surface area contributed by atoms with Gasteiger partial charge in [-0.2, -0.15) is 10.4 Å². The molecule has 0 aliphatic carbocycles. The van der Waals surface area contributed by atoms with Crippen LogP contribution in [0.4, 0.5) is 5.69 Å². The summed E-state index contributed by atoms with van der Waals surface area (Å²) in [5.74, 6) is -0.0198. The van der Waals surface area contributed by atoms with Gasteiger partial charge in [-0.05, 0) is 65.7 Å². The largest absolute Gasteiger partial charge is 0.490 e. The number of benzene rings is 3. The molecule has 3 rings (SSSR count). The summed E-state index contributed by atoms with van der Waals surface area (Å²) >= 11 is 3.49. The van der Waals surface area contributed by atoms with Gasteiger partial charge in [-0.1, -0.05) is 35.9 Å². The molecule has 0 aromatic heterocycles. The molecule has 0 unspecified atom stereocenters. The normalized spacial score (nSPS) is 10.5. The van der Waals surface area contributed by atoms with Gasteiger partial charge >= 0.3 is 0 Å². The highest BCUT2D eigenvalue weighted by Crippen LogP contribution is 2.37. The average molecular weight is 549 g/mol. The van der Waals surface area contributed by atoms with Crippen LogP contribution in [0.2, 0.25) is 0 Å². The molecule has 0 aliphatic rings. The Labute approximate surface area is 218 Å². The maximum absolute atomic E-state index is 12.1. The first-order valence-corrected chi connectivity index (χ1v) is 11.9. The summed E-state index contributed by atoms with van der Waals surface area (Å²) in [6.45, 7) is 4.40. The van der Waals surface area contributed by atoms with Crippen molar-refractivity contribution in [2.24, 2.45) is 5.10 Å². The van der Waals surface area contributed by atoms with E-state index in [1.54, 1.807) is 36.4 Å². The number of carbonyl (C=O) groups excluding carboxylic acids is 2. The summed E-state index contributed by atoms with van der Waals surface area (Å²) in [6, 6.07) is 20.1. The molecule has 0 fully saturated rings. The van der Waals surface area contributed by atoms with Gasteiger partial charge in [-0.25, -0.2) is 5.43 Å². The minimum Gasteiger partial charge on any atom is -0.490 e. The number of aryl methyl sites for hydroxylation is 1. The molecule has 36 heavy (non-hydrogen) atoms. The van der Waals surface area contributed by atoms with Crippen molar-refractivity contribution >= 4 is 39.6 Å². The fraction of sp³-hybridized carbons (Fsp3) is 0.185. The van der Waals surface area contributed by atoms with Crippen LogP contribution >= 0.6 is 15.9 Å². The molecule has 0 saturated carbocycles. The number of nitrogens with one attached hydrogen (secondary N) is 2. The van der Waals surface area contributed by atoms with Crippen LogP contribution in [-0.2, 0) is 16.2 Å². The number of hydrazone groups is 1. The van der Waals surface area contributed by atoms with Gasteiger partial charge in [0.25, 0.3) is 0 Å². The second-order valence-corrected chi connectivity index (χ2v) is 8.56. The first-order chi connectivity index (χ1) is 17.4. The topological polar surface area (TPSA) is 113 Å². The quantitative estimate of drug-likeness (QED) is 0.208. The Morgan fingerprint density at radius 2 is 1.83 bits per heavy atom. The van der Waals surface area contributed by atoms with Gasteiger partial charge in [0.1, 0.15) is 13.0 Å². The second kappa shape index (κ2) is 13.1. The molecule has 0 heterocycles. The third-order valence-corrected chi connectivity index (χ3v) is 5.49. The first kappa shape index (κ1) is 26.4. The van der Waals surface area contributed by atoms with Crippen LogP contribution in [0.5, 0.6) is 11.5 Å². The Hall–Kier alpha value is -4.16. The molecule has 3 aromatic rings. The van der Waals surface area contributed by atoms with E-state index in [1.165, 1.54) is 6.21 Å². The third kappa shape index (κ3) is 7.68. The van der Waals surface area contributed by atoms with E-state index in [9.17, 15) is 14.9 Å². The maximum atomic E-state index is 12.1. The summed E-state index contributed by atoms with van der Waals surface area (Å²) in [4.78, 5) is 24.2. The predicted octanol–water partition coefficient (Wildman–Crippen LogP) is 5.09. The number of rotatable bonds is 10.